The lowest BCUT2D eigenvalue weighted by molar-refractivity contribution is -0.686. The van der Waals surface area contributed by atoms with Crippen molar-refractivity contribution in [1.82, 2.24) is 4.98 Å². The van der Waals surface area contributed by atoms with Crippen LogP contribution in [-0.4, -0.2) is 22.9 Å². The number of benzene rings is 6. The quantitative estimate of drug-likeness (QED) is 0.0475. The fourth-order valence-corrected chi connectivity index (χ4v) is 9.13. The third-order valence-corrected chi connectivity index (χ3v) is 12.9. The molecule has 6 aromatic carbocycles. The number of Topliss-reactive ketones (excluding diaryl/α,β-unsaturated/α-hetero) is 1. The van der Waals surface area contributed by atoms with Crippen LogP contribution < -0.4 is 26.4 Å². The summed E-state index contributed by atoms with van der Waals surface area (Å²) in [5.41, 5.74) is -27.4. The van der Waals surface area contributed by atoms with E-state index in [1.807, 2.05) is 54.6 Å². The molecule has 0 amide bonds. The zero-order valence-corrected chi connectivity index (χ0v) is 41.1. The second kappa shape index (κ2) is 22.3. The fraction of sp³-hybridized carbons (Fsp3) is 0.185. The van der Waals surface area contributed by atoms with Gasteiger partial charge in [-0.3, -0.25) is 9.78 Å². The average Bonchev–Trinajstić information content (AvgIpc) is 0.862. The van der Waals surface area contributed by atoms with E-state index in [-0.39, 0.29) is 18.0 Å². The molecule has 0 aliphatic heterocycles. The van der Waals surface area contributed by atoms with Crippen LogP contribution in [0, 0.1) is 0 Å². The Bertz CT molecular complexity index is 3190. The van der Waals surface area contributed by atoms with E-state index in [2.05, 4.69) is 4.98 Å². The monoisotopic (exact) mass is 1220 g/mol. The molecule has 0 spiro atoms. The fourth-order valence-electron chi connectivity index (χ4n) is 9.13. The van der Waals surface area contributed by atoms with Crippen molar-refractivity contribution < 1.29 is 124 Å². The van der Waals surface area contributed by atoms with E-state index in [1.165, 1.54) is 6.20 Å². The van der Waals surface area contributed by atoms with Crippen molar-refractivity contribution in [3.8, 4) is 0 Å². The second-order valence-electron chi connectivity index (χ2n) is 18.4. The van der Waals surface area contributed by atoms with Gasteiger partial charge in [-0.05, 0) is 35.9 Å². The minimum absolute atomic E-state index is 0.0358. The van der Waals surface area contributed by atoms with Gasteiger partial charge in [0.25, 0.3) is 0 Å². The predicted octanol–water partition coefficient (Wildman–Crippen LogP) is 14.4. The Hall–Kier alpha value is -8.34. The standard InChI is InChI=1S/C32H12BF24.C22H17N2O3/c34-25(35,36)13-1-14(26(37,38)39)6-21(5-13)33(22-7-15(27(40,41)42)2-16(8-22)28(43,44)45,23-9-17(29(46,47)48)3-18(10-23)30(49,50)51)24-11-19(31(52,53)54)4-20(12-24)32(55,56)57;25-20(17-7-2-1-3-8-17)15-24-13-12-23-14-19(24)22(26)27-21-11-10-16-6-4-5-9-18(16)21/h1-12H;1-14,21H,15H2/q-1;+1. The molecule has 1 heterocycles. The Balaban J connectivity index is 0.000000309. The summed E-state index contributed by atoms with van der Waals surface area (Å²) in [5.74, 6) is -0.609. The van der Waals surface area contributed by atoms with Gasteiger partial charge in [-0.2, -0.15) is 132 Å². The van der Waals surface area contributed by atoms with E-state index in [0.29, 0.717) is 5.56 Å². The number of nitrogens with zero attached hydrogens (tertiary/aromatic N) is 2. The molecule has 0 radical (unpaired) electrons. The largest absolute Gasteiger partial charge is 0.445 e. The summed E-state index contributed by atoms with van der Waals surface area (Å²) in [5, 5.41) is 0. The van der Waals surface area contributed by atoms with E-state index in [4.69, 9.17) is 4.74 Å². The van der Waals surface area contributed by atoms with Crippen molar-refractivity contribution in [2.24, 2.45) is 0 Å². The number of carbonyl (C=O) groups is 2. The van der Waals surface area contributed by atoms with Crippen molar-refractivity contribution in [3.63, 3.8) is 0 Å². The maximum absolute atomic E-state index is 14.2. The van der Waals surface area contributed by atoms with Crippen molar-refractivity contribution in [3.05, 3.63) is 219 Å². The van der Waals surface area contributed by atoms with Gasteiger partial charge >= 0.3 is 61.1 Å². The summed E-state index contributed by atoms with van der Waals surface area (Å²) in [6, 6.07) is 7.93. The molecule has 0 fully saturated rings. The highest BCUT2D eigenvalue weighted by molar-refractivity contribution is 7.20. The van der Waals surface area contributed by atoms with Gasteiger partial charge in [0.15, 0.2) is 6.20 Å². The lowest BCUT2D eigenvalue weighted by Crippen LogP contribution is -2.75. The highest BCUT2D eigenvalue weighted by Gasteiger charge is 2.47. The van der Waals surface area contributed by atoms with Crippen LogP contribution in [0.25, 0.3) is 6.08 Å². The Kier molecular flexibility index (Phi) is 16.8. The smallest absolute Gasteiger partial charge is 0.416 e. The first kappa shape index (κ1) is 63.2. The molecule has 0 N–H and O–H groups in total. The van der Waals surface area contributed by atoms with Crippen molar-refractivity contribution >= 4 is 45.8 Å². The molecule has 1 aromatic heterocycles. The van der Waals surface area contributed by atoms with Gasteiger partial charge in [0.1, 0.15) is 18.4 Å². The summed E-state index contributed by atoms with van der Waals surface area (Å²) in [4.78, 5) is 29.2. The number of aromatic nitrogens is 2. The van der Waals surface area contributed by atoms with Crippen molar-refractivity contribution in [1.29, 1.82) is 0 Å². The van der Waals surface area contributed by atoms with E-state index in [0.717, 1.165) is 11.1 Å². The molecule has 7 aromatic rings. The summed E-state index contributed by atoms with van der Waals surface area (Å²) < 4.78 is 348. The lowest BCUT2D eigenvalue weighted by Gasteiger charge is -2.46. The minimum atomic E-state index is -6.13. The maximum Gasteiger partial charge on any atom is 0.416 e. The van der Waals surface area contributed by atoms with Crippen LogP contribution in [0.5, 0.6) is 0 Å². The Morgan fingerprint density at radius 3 is 1.10 bits per heavy atom. The Morgan fingerprint density at radius 1 is 0.440 bits per heavy atom. The number of esters is 1. The van der Waals surface area contributed by atoms with Gasteiger partial charge in [0.05, 0.1) is 50.7 Å². The van der Waals surface area contributed by atoms with Gasteiger partial charge in [-0.1, -0.05) is 109 Å². The number of hydrogen-bond donors (Lipinski definition) is 0. The van der Waals surface area contributed by atoms with Gasteiger partial charge in [-0.25, -0.2) is 4.79 Å². The van der Waals surface area contributed by atoms with E-state index < -0.39 is 207 Å². The molecule has 1 aliphatic rings. The maximum atomic E-state index is 14.2. The van der Waals surface area contributed by atoms with Crippen LogP contribution in [0.1, 0.15) is 82.6 Å². The molecule has 0 saturated carbocycles. The molecule has 84 heavy (non-hydrogen) atoms. The lowest BCUT2D eigenvalue weighted by atomic mass is 9.12. The Labute approximate surface area is 455 Å². The number of ketones is 1. The molecule has 1 unspecified atom stereocenters. The number of alkyl halides is 24. The van der Waals surface area contributed by atoms with Gasteiger partial charge in [0.2, 0.25) is 12.3 Å². The molecule has 0 saturated heterocycles. The first-order valence-electron chi connectivity index (χ1n) is 23.2. The van der Waals surface area contributed by atoms with Crippen LogP contribution in [0.2, 0.25) is 0 Å². The number of rotatable bonds is 9. The number of ether oxygens (including phenoxy) is 1. The van der Waals surface area contributed by atoms with Gasteiger partial charge < -0.3 is 4.74 Å². The number of carbonyl (C=O) groups excluding carboxylic acids is 2. The van der Waals surface area contributed by atoms with Crippen LogP contribution in [0.15, 0.2) is 152 Å². The topological polar surface area (TPSA) is 60.1 Å². The third kappa shape index (κ3) is 14.0. The summed E-state index contributed by atoms with van der Waals surface area (Å²) in [6.45, 7) is 0.0358. The molecular weight excluding hydrogens is 1190 g/mol. The van der Waals surface area contributed by atoms with Gasteiger partial charge in [0, 0.05) is 11.1 Å². The van der Waals surface area contributed by atoms with Crippen LogP contribution in [0.3, 0.4) is 0 Å². The van der Waals surface area contributed by atoms with Crippen molar-refractivity contribution in [2.75, 3.05) is 0 Å². The normalized spacial score (nSPS) is 14.4. The highest BCUT2D eigenvalue weighted by atomic mass is 19.4. The molecule has 8 rings (SSSR count). The molecule has 30 heteroatoms. The highest BCUT2D eigenvalue weighted by Crippen LogP contribution is 2.42. The minimum Gasteiger partial charge on any atom is -0.445 e. The molecule has 444 valence electrons. The van der Waals surface area contributed by atoms with E-state index in [9.17, 15) is 115 Å². The van der Waals surface area contributed by atoms with Crippen molar-refractivity contribution in [2.45, 2.75) is 62.1 Å². The first-order valence-corrected chi connectivity index (χ1v) is 23.2. The van der Waals surface area contributed by atoms with Gasteiger partial charge in [-0.15, -0.1) is 0 Å². The van der Waals surface area contributed by atoms with Crippen LogP contribution in [-0.2, 0) is 60.7 Å². The zero-order valence-electron chi connectivity index (χ0n) is 41.1. The summed E-state index contributed by atoms with van der Waals surface area (Å²) in [7, 11) is 0. The molecule has 5 nitrogen and oxygen atoms in total. The number of hydrogen-bond acceptors (Lipinski definition) is 4. The third-order valence-electron chi connectivity index (χ3n) is 12.9. The average molecular weight is 1220 g/mol. The summed E-state index contributed by atoms with van der Waals surface area (Å²) >= 11 is 0. The predicted molar refractivity (Wildman–Crippen MR) is 249 cm³/mol. The molecule has 0 bridgehead atoms. The number of fused-ring (bicyclic) bond motifs is 1. The van der Waals surface area contributed by atoms with Crippen LogP contribution >= 0.6 is 0 Å². The van der Waals surface area contributed by atoms with Crippen LogP contribution in [0.4, 0.5) is 105 Å². The number of halogens is 24. The second-order valence-corrected chi connectivity index (χ2v) is 18.4. The van der Waals surface area contributed by atoms with E-state index >= 15 is 0 Å². The zero-order chi connectivity index (χ0) is 62.6. The first-order chi connectivity index (χ1) is 38.5. The molecule has 1 aliphatic carbocycles. The summed E-state index contributed by atoms with van der Waals surface area (Å²) in [6.07, 6.45) is -46.9. The SMILES string of the molecule is FC(F)(F)c1cc([B-](c2cc(C(F)(F)F)cc(C(F)(F)F)c2)(c2cc(C(F)(F)F)cc(C(F)(F)F)c2)c2cc(C(F)(F)F)cc(C(F)(F)F)c2)cc(C(F)(F)F)c1.O=C(C[n+]1ccncc1C(=O)OC1C=Cc2ccccc21)c1ccccc1. The molecular formula is C54H29BF24N2O3. The molecule has 1 atom stereocenters. The van der Waals surface area contributed by atoms with E-state index in [1.54, 1.807) is 29.1 Å². The Morgan fingerprint density at radius 2 is 0.762 bits per heavy atom.